The van der Waals surface area contributed by atoms with Gasteiger partial charge in [0.2, 0.25) is 15.9 Å². The molecule has 0 unspecified atom stereocenters. The summed E-state index contributed by atoms with van der Waals surface area (Å²) in [6, 6.07) is 9.69. The number of carbonyl (C=O) groups excluding carboxylic acids is 1. The summed E-state index contributed by atoms with van der Waals surface area (Å²) in [5, 5.41) is 18.4. The monoisotopic (exact) mass is 482 g/mol. The lowest BCUT2D eigenvalue weighted by Crippen LogP contribution is -2.49. The Kier molecular flexibility index (Phi) is 8.60. The SMILES string of the molecule is CC(C)C[C@H](N[C@@H](c1ccc(-c2ccc(S(N)(=O)=O)cc2)cc1)C(F)(F)F)C(=O)NCC#N. The molecule has 7 nitrogen and oxygen atoms in total. The van der Waals surface area contributed by atoms with Gasteiger partial charge in [-0.3, -0.25) is 10.1 Å². The number of alkyl halides is 3. The fraction of sp³-hybridized carbons (Fsp3) is 0.364. The first-order valence-corrected chi connectivity index (χ1v) is 11.6. The van der Waals surface area contributed by atoms with Crippen LogP contribution >= 0.6 is 0 Å². The summed E-state index contributed by atoms with van der Waals surface area (Å²) < 4.78 is 64.4. The van der Waals surface area contributed by atoms with Crippen molar-refractivity contribution in [2.24, 2.45) is 11.1 Å². The van der Waals surface area contributed by atoms with Crippen LogP contribution in [0.2, 0.25) is 0 Å². The Morgan fingerprint density at radius 2 is 1.58 bits per heavy atom. The number of primary sulfonamides is 1. The van der Waals surface area contributed by atoms with Crippen molar-refractivity contribution >= 4 is 15.9 Å². The molecule has 4 N–H and O–H groups in total. The number of carbonyl (C=O) groups is 1. The number of halogens is 3. The largest absolute Gasteiger partial charge is 0.407 e. The van der Waals surface area contributed by atoms with E-state index >= 15 is 0 Å². The van der Waals surface area contributed by atoms with E-state index in [1.165, 1.54) is 48.5 Å². The van der Waals surface area contributed by atoms with Crippen LogP contribution in [0.4, 0.5) is 13.2 Å². The number of hydrogen-bond acceptors (Lipinski definition) is 5. The minimum Gasteiger partial charge on any atom is -0.342 e. The van der Waals surface area contributed by atoms with Crippen molar-refractivity contribution in [3.05, 3.63) is 54.1 Å². The molecule has 1 amide bonds. The van der Waals surface area contributed by atoms with Gasteiger partial charge in [0.15, 0.2) is 0 Å². The van der Waals surface area contributed by atoms with E-state index in [4.69, 9.17) is 10.4 Å². The molecule has 178 valence electrons. The van der Waals surface area contributed by atoms with Crippen LogP contribution in [0.25, 0.3) is 11.1 Å². The van der Waals surface area contributed by atoms with Crippen molar-refractivity contribution in [1.29, 1.82) is 5.26 Å². The molecule has 0 saturated carbocycles. The van der Waals surface area contributed by atoms with Crippen molar-refractivity contribution in [2.45, 2.75) is 43.4 Å². The van der Waals surface area contributed by atoms with Crippen LogP contribution in [-0.4, -0.2) is 33.1 Å². The highest BCUT2D eigenvalue weighted by Crippen LogP contribution is 2.34. The van der Waals surface area contributed by atoms with Gasteiger partial charge in [-0.25, -0.2) is 13.6 Å². The van der Waals surface area contributed by atoms with Crippen LogP contribution in [0, 0.1) is 17.2 Å². The third-order valence-electron chi connectivity index (χ3n) is 4.82. The molecule has 0 aromatic heterocycles. The molecule has 0 heterocycles. The zero-order valence-electron chi connectivity index (χ0n) is 18.1. The van der Waals surface area contributed by atoms with Crippen LogP contribution in [0.1, 0.15) is 31.9 Å². The minimum atomic E-state index is -4.68. The van der Waals surface area contributed by atoms with E-state index in [9.17, 15) is 26.4 Å². The van der Waals surface area contributed by atoms with Crippen molar-refractivity contribution in [2.75, 3.05) is 6.54 Å². The highest BCUT2D eigenvalue weighted by Gasteiger charge is 2.42. The van der Waals surface area contributed by atoms with Gasteiger partial charge in [-0.05, 0) is 41.2 Å². The number of rotatable bonds is 9. The van der Waals surface area contributed by atoms with Crippen molar-refractivity contribution in [3.8, 4) is 17.2 Å². The Morgan fingerprint density at radius 1 is 1.06 bits per heavy atom. The maximum Gasteiger partial charge on any atom is 0.407 e. The second-order valence-electron chi connectivity index (χ2n) is 7.89. The molecule has 0 aliphatic carbocycles. The number of nitriles is 1. The second kappa shape index (κ2) is 10.8. The number of nitrogens with two attached hydrogens (primary N) is 1. The first kappa shape index (κ1) is 26.3. The summed E-state index contributed by atoms with van der Waals surface area (Å²) in [6.07, 6.45) is -4.53. The average Bonchev–Trinajstić information content (AvgIpc) is 2.73. The van der Waals surface area contributed by atoms with Crippen molar-refractivity contribution in [3.63, 3.8) is 0 Å². The van der Waals surface area contributed by atoms with Gasteiger partial charge in [-0.2, -0.15) is 18.4 Å². The normalized spacial score (nSPS) is 13.9. The summed E-state index contributed by atoms with van der Waals surface area (Å²) in [4.78, 5) is 12.3. The molecule has 33 heavy (non-hydrogen) atoms. The Labute approximate surface area is 190 Å². The van der Waals surface area contributed by atoms with Gasteiger partial charge in [-0.15, -0.1) is 0 Å². The lowest BCUT2D eigenvalue weighted by molar-refractivity contribution is -0.161. The van der Waals surface area contributed by atoms with Crippen LogP contribution in [0.3, 0.4) is 0 Å². The van der Waals surface area contributed by atoms with E-state index in [2.05, 4.69) is 10.6 Å². The number of sulfonamides is 1. The van der Waals surface area contributed by atoms with E-state index in [0.29, 0.717) is 11.1 Å². The number of hydrogen-bond donors (Lipinski definition) is 3. The number of nitrogens with one attached hydrogen (secondary N) is 2. The molecule has 2 aromatic rings. The molecule has 0 saturated heterocycles. The zero-order chi connectivity index (χ0) is 24.8. The summed E-state index contributed by atoms with van der Waals surface area (Å²) in [5.74, 6) is -0.738. The predicted molar refractivity (Wildman–Crippen MR) is 117 cm³/mol. The Morgan fingerprint density at radius 3 is 2.00 bits per heavy atom. The highest BCUT2D eigenvalue weighted by atomic mass is 32.2. The fourth-order valence-corrected chi connectivity index (χ4v) is 3.77. The number of amides is 1. The van der Waals surface area contributed by atoms with E-state index in [1.807, 2.05) is 0 Å². The van der Waals surface area contributed by atoms with Crippen molar-refractivity contribution in [1.82, 2.24) is 10.6 Å². The molecule has 0 aliphatic heterocycles. The molecule has 2 atom stereocenters. The molecule has 0 spiro atoms. The summed E-state index contributed by atoms with van der Waals surface area (Å²) in [6.45, 7) is 3.26. The first-order chi connectivity index (χ1) is 15.3. The molecular weight excluding hydrogens is 457 g/mol. The van der Waals surface area contributed by atoms with E-state index in [1.54, 1.807) is 19.9 Å². The van der Waals surface area contributed by atoms with E-state index in [-0.39, 0.29) is 29.3 Å². The number of benzene rings is 2. The third kappa shape index (κ3) is 7.56. The Balaban J connectivity index is 2.31. The second-order valence-corrected chi connectivity index (χ2v) is 9.45. The standard InChI is InChI=1S/C22H25F3N4O3S/c1-14(2)13-19(21(30)28-12-11-26)29-20(22(23,24)25)17-5-3-15(4-6-17)16-7-9-18(10-8-16)33(27,31)32/h3-10,14,19-20,29H,12-13H2,1-2H3,(H,28,30)(H2,27,31,32)/t19-,20-/m0/s1. The zero-order valence-corrected chi connectivity index (χ0v) is 18.9. The molecular formula is C22H25F3N4O3S. The van der Waals surface area contributed by atoms with Crippen LogP contribution in [-0.2, 0) is 14.8 Å². The predicted octanol–water partition coefficient (Wildman–Crippen LogP) is 3.25. The Hall–Kier alpha value is -2.94. The van der Waals surface area contributed by atoms with Crippen LogP contribution < -0.4 is 15.8 Å². The van der Waals surface area contributed by atoms with Crippen LogP contribution in [0.15, 0.2) is 53.4 Å². The highest BCUT2D eigenvalue weighted by molar-refractivity contribution is 7.89. The lowest BCUT2D eigenvalue weighted by atomic mass is 9.97. The van der Waals surface area contributed by atoms with Gasteiger partial charge < -0.3 is 5.32 Å². The summed E-state index contributed by atoms with van der Waals surface area (Å²) >= 11 is 0. The fourth-order valence-electron chi connectivity index (χ4n) is 3.26. The van der Waals surface area contributed by atoms with Gasteiger partial charge in [0.25, 0.3) is 0 Å². The average molecular weight is 483 g/mol. The molecule has 11 heteroatoms. The third-order valence-corrected chi connectivity index (χ3v) is 5.75. The van der Waals surface area contributed by atoms with Gasteiger partial charge in [0.05, 0.1) is 17.0 Å². The van der Waals surface area contributed by atoms with Crippen LogP contribution in [0.5, 0.6) is 0 Å². The van der Waals surface area contributed by atoms with Gasteiger partial charge in [0, 0.05) is 0 Å². The lowest BCUT2D eigenvalue weighted by Gasteiger charge is -2.28. The van der Waals surface area contributed by atoms with Gasteiger partial charge in [0.1, 0.15) is 12.6 Å². The molecule has 2 aromatic carbocycles. The van der Waals surface area contributed by atoms with Gasteiger partial charge >= 0.3 is 6.18 Å². The van der Waals surface area contributed by atoms with E-state index < -0.39 is 34.2 Å². The summed E-state index contributed by atoms with van der Waals surface area (Å²) in [5.41, 5.74) is 1.08. The van der Waals surface area contributed by atoms with E-state index in [0.717, 1.165) is 0 Å². The maximum atomic E-state index is 13.9. The minimum absolute atomic E-state index is 0.0631. The molecule has 0 fully saturated rings. The topological polar surface area (TPSA) is 125 Å². The first-order valence-electron chi connectivity index (χ1n) is 10.0. The smallest absolute Gasteiger partial charge is 0.342 e. The molecule has 0 radical (unpaired) electrons. The molecule has 2 rings (SSSR count). The molecule has 0 aliphatic rings. The summed E-state index contributed by atoms with van der Waals surface area (Å²) in [7, 11) is -3.85. The number of nitrogens with zero attached hydrogens (tertiary/aromatic N) is 1. The quantitative estimate of drug-likeness (QED) is 0.473. The maximum absolute atomic E-state index is 13.9. The van der Waals surface area contributed by atoms with Crippen molar-refractivity contribution < 1.29 is 26.4 Å². The molecule has 0 bridgehead atoms. The Bertz CT molecular complexity index is 1090. The van der Waals surface area contributed by atoms with Gasteiger partial charge in [-0.1, -0.05) is 50.2 Å².